The molecule has 3 rings (SSSR count). The molecule has 2 aromatic rings. The van der Waals surface area contributed by atoms with Crippen molar-refractivity contribution in [2.75, 3.05) is 7.11 Å². The third-order valence-corrected chi connectivity index (χ3v) is 4.91. The molecule has 1 fully saturated rings. The minimum absolute atomic E-state index is 0.604. The summed E-state index contributed by atoms with van der Waals surface area (Å²) in [6.07, 6.45) is 3.26. The molecule has 1 aliphatic carbocycles. The molecule has 0 aromatic heterocycles. The first-order chi connectivity index (χ1) is 10.2. The van der Waals surface area contributed by atoms with E-state index in [0.29, 0.717) is 5.92 Å². The van der Waals surface area contributed by atoms with Crippen molar-refractivity contribution in [3.05, 3.63) is 63.6 Å². The number of aliphatic hydroxyl groups excluding tert-OH is 1. The number of aliphatic hydroxyl groups is 1. The third kappa shape index (κ3) is 2.99. The van der Waals surface area contributed by atoms with Crippen LogP contribution in [0.2, 0.25) is 0 Å². The zero-order valence-corrected chi connectivity index (χ0v) is 13.6. The molecule has 1 N–H and O–H groups in total. The van der Waals surface area contributed by atoms with Crippen LogP contribution in [-0.2, 0) is 0 Å². The monoisotopic (exact) mass is 346 g/mol. The van der Waals surface area contributed by atoms with Crippen LogP contribution in [0, 0.1) is 0 Å². The van der Waals surface area contributed by atoms with Gasteiger partial charge in [-0.2, -0.15) is 0 Å². The van der Waals surface area contributed by atoms with Gasteiger partial charge in [0.05, 0.1) is 11.6 Å². The summed E-state index contributed by atoms with van der Waals surface area (Å²) in [5.41, 5.74) is 3.18. The van der Waals surface area contributed by atoms with Crippen LogP contribution in [0.5, 0.6) is 5.75 Å². The Bertz CT molecular complexity index is 635. The number of hydrogen-bond acceptors (Lipinski definition) is 2. The van der Waals surface area contributed by atoms with Crippen LogP contribution in [0.3, 0.4) is 0 Å². The zero-order valence-electron chi connectivity index (χ0n) is 12.1. The first kappa shape index (κ1) is 14.6. The molecular formula is C18H19BrO2. The summed E-state index contributed by atoms with van der Waals surface area (Å²) >= 11 is 3.47. The average Bonchev–Trinajstić information content (AvgIpc) is 2.45. The van der Waals surface area contributed by atoms with E-state index in [-0.39, 0.29) is 0 Å². The Morgan fingerprint density at radius 3 is 2.52 bits per heavy atom. The van der Waals surface area contributed by atoms with Crippen molar-refractivity contribution in [2.45, 2.75) is 31.3 Å². The largest absolute Gasteiger partial charge is 0.496 e. The maximum absolute atomic E-state index is 10.6. The number of hydrogen-bond donors (Lipinski definition) is 1. The smallest absolute Gasteiger partial charge is 0.133 e. The maximum atomic E-state index is 10.6. The molecule has 1 atom stereocenters. The summed E-state index contributed by atoms with van der Waals surface area (Å²) in [5, 5.41) is 10.6. The molecule has 21 heavy (non-hydrogen) atoms. The van der Waals surface area contributed by atoms with Crippen molar-refractivity contribution in [3.63, 3.8) is 0 Å². The topological polar surface area (TPSA) is 29.5 Å². The molecule has 1 unspecified atom stereocenters. The van der Waals surface area contributed by atoms with E-state index in [4.69, 9.17) is 4.74 Å². The summed E-state index contributed by atoms with van der Waals surface area (Å²) in [6.45, 7) is 0. The van der Waals surface area contributed by atoms with Gasteiger partial charge in [-0.3, -0.25) is 0 Å². The first-order valence-corrected chi connectivity index (χ1v) is 8.09. The van der Waals surface area contributed by atoms with Gasteiger partial charge in [0.15, 0.2) is 0 Å². The van der Waals surface area contributed by atoms with Crippen LogP contribution in [0.15, 0.2) is 46.9 Å². The van der Waals surface area contributed by atoms with E-state index in [0.717, 1.165) is 21.3 Å². The standard InChI is InChI=1S/C18H19BrO2/c1-21-17-9-8-15(11-16(17)19)18(20)14-7-3-6-13(10-14)12-4-2-5-12/h3,6-12,18,20H,2,4-5H2,1H3. The number of methoxy groups -OCH3 is 1. The Labute approximate surface area is 133 Å². The van der Waals surface area contributed by atoms with E-state index in [9.17, 15) is 5.11 Å². The molecule has 110 valence electrons. The minimum atomic E-state index is -0.604. The van der Waals surface area contributed by atoms with Crippen LogP contribution < -0.4 is 4.74 Å². The highest BCUT2D eigenvalue weighted by atomic mass is 79.9. The second kappa shape index (κ2) is 6.20. The fourth-order valence-electron chi connectivity index (χ4n) is 2.77. The second-order valence-electron chi connectivity index (χ2n) is 5.59. The highest BCUT2D eigenvalue weighted by molar-refractivity contribution is 9.10. The minimum Gasteiger partial charge on any atom is -0.496 e. The molecule has 0 aliphatic heterocycles. The SMILES string of the molecule is COc1ccc(C(O)c2cccc(C3CCC3)c2)cc1Br. The van der Waals surface area contributed by atoms with Gasteiger partial charge >= 0.3 is 0 Å². The Balaban J connectivity index is 1.87. The van der Waals surface area contributed by atoms with Gasteiger partial charge < -0.3 is 9.84 Å². The molecule has 2 nitrogen and oxygen atoms in total. The predicted octanol–water partition coefficient (Wildman–Crippen LogP) is 4.81. The molecule has 1 saturated carbocycles. The van der Waals surface area contributed by atoms with Gasteiger partial charge in [0.25, 0.3) is 0 Å². The van der Waals surface area contributed by atoms with Crippen molar-refractivity contribution in [1.29, 1.82) is 0 Å². The summed E-state index contributed by atoms with van der Waals surface area (Å²) in [7, 11) is 1.64. The lowest BCUT2D eigenvalue weighted by Crippen LogP contribution is -2.09. The fourth-order valence-corrected chi connectivity index (χ4v) is 3.33. The van der Waals surface area contributed by atoms with Gasteiger partial charge in [-0.25, -0.2) is 0 Å². The van der Waals surface area contributed by atoms with E-state index in [1.54, 1.807) is 7.11 Å². The van der Waals surface area contributed by atoms with Gasteiger partial charge in [-0.15, -0.1) is 0 Å². The van der Waals surface area contributed by atoms with Crippen LogP contribution in [0.4, 0.5) is 0 Å². The van der Waals surface area contributed by atoms with Gasteiger partial charge in [0, 0.05) is 0 Å². The number of benzene rings is 2. The molecule has 0 heterocycles. The van der Waals surface area contributed by atoms with Crippen LogP contribution >= 0.6 is 15.9 Å². The van der Waals surface area contributed by atoms with E-state index in [1.165, 1.54) is 24.8 Å². The lowest BCUT2D eigenvalue weighted by Gasteiger charge is -2.26. The third-order valence-electron chi connectivity index (χ3n) is 4.29. The van der Waals surface area contributed by atoms with Gasteiger partial charge in [-0.05, 0) is 63.5 Å². The van der Waals surface area contributed by atoms with Crippen molar-refractivity contribution >= 4 is 15.9 Å². The quantitative estimate of drug-likeness (QED) is 0.860. The maximum Gasteiger partial charge on any atom is 0.133 e. The Kier molecular flexibility index (Phi) is 4.32. The van der Waals surface area contributed by atoms with Gasteiger partial charge in [-0.1, -0.05) is 36.8 Å². The second-order valence-corrected chi connectivity index (χ2v) is 6.45. The molecule has 0 amide bonds. The number of ether oxygens (including phenoxy) is 1. The molecule has 0 saturated heterocycles. The summed E-state index contributed by atoms with van der Waals surface area (Å²) in [5.74, 6) is 1.45. The molecule has 1 aliphatic rings. The number of halogens is 1. The van der Waals surface area contributed by atoms with Crippen molar-refractivity contribution in [1.82, 2.24) is 0 Å². The molecule has 0 spiro atoms. The zero-order chi connectivity index (χ0) is 14.8. The fraction of sp³-hybridized carbons (Fsp3) is 0.333. The molecule has 3 heteroatoms. The predicted molar refractivity (Wildman–Crippen MR) is 87.8 cm³/mol. The Hall–Kier alpha value is -1.32. The summed E-state index contributed by atoms with van der Waals surface area (Å²) < 4.78 is 6.09. The lowest BCUT2D eigenvalue weighted by molar-refractivity contribution is 0.220. The highest BCUT2D eigenvalue weighted by Crippen LogP contribution is 2.38. The van der Waals surface area contributed by atoms with Crippen molar-refractivity contribution < 1.29 is 9.84 Å². The Morgan fingerprint density at radius 1 is 1.14 bits per heavy atom. The summed E-state index contributed by atoms with van der Waals surface area (Å²) in [4.78, 5) is 0. The molecule has 0 radical (unpaired) electrons. The van der Waals surface area contributed by atoms with E-state index in [1.807, 2.05) is 30.3 Å². The lowest BCUT2D eigenvalue weighted by atomic mass is 9.79. The van der Waals surface area contributed by atoms with Crippen LogP contribution in [0.1, 0.15) is 48.0 Å². The van der Waals surface area contributed by atoms with E-state index in [2.05, 4.69) is 28.1 Å². The van der Waals surface area contributed by atoms with Crippen LogP contribution in [0.25, 0.3) is 0 Å². The molecule has 0 bridgehead atoms. The van der Waals surface area contributed by atoms with Gasteiger partial charge in [0.1, 0.15) is 11.9 Å². The molecule has 2 aromatic carbocycles. The first-order valence-electron chi connectivity index (χ1n) is 7.30. The summed E-state index contributed by atoms with van der Waals surface area (Å²) in [6, 6.07) is 14.1. The Morgan fingerprint density at radius 2 is 1.90 bits per heavy atom. The van der Waals surface area contributed by atoms with E-state index < -0.39 is 6.10 Å². The normalized spacial score (nSPS) is 16.3. The van der Waals surface area contributed by atoms with Crippen LogP contribution in [-0.4, -0.2) is 12.2 Å². The number of rotatable bonds is 4. The van der Waals surface area contributed by atoms with Crippen molar-refractivity contribution in [2.24, 2.45) is 0 Å². The van der Waals surface area contributed by atoms with Crippen molar-refractivity contribution in [3.8, 4) is 5.75 Å². The van der Waals surface area contributed by atoms with Gasteiger partial charge in [0.2, 0.25) is 0 Å². The average molecular weight is 347 g/mol. The van der Waals surface area contributed by atoms with E-state index >= 15 is 0 Å². The highest BCUT2D eigenvalue weighted by Gasteiger charge is 2.21. The molecular weight excluding hydrogens is 328 g/mol.